The van der Waals surface area contributed by atoms with E-state index in [1.165, 1.54) is 13.2 Å². The summed E-state index contributed by atoms with van der Waals surface area (Å²) in [6.45, 7) is 1.52. The van der Waals surface area contributed by atoms with E-state index in [0.717, 1.165) is 13.0 Å². The van der Waals surface area contributed by atoms with E-state index < -0.39 is 0 Å². The number of hydrogen-bond donors (Lipinski definition) is 2. The Morgan fingerprint density at radius 3 is 2.74 bits per heavy atom. The number of nitrogen functional groups attached to an aromatic ring is 1. The molecule has 19 heavy (non-hydrogen) atoms. The van der Waals surface area contributed by atoms with Crippen molar-refractivity contribution in [1.82, 2.24) is 10.2 Å². The number of nitrogens with one attached hydrogen (secondary N) is 1. The van der Waals surface area contributed by atoms with Crippen LogP contribution in [-0.4, -0.2) is 45.1 Å². The molecule has 0 atom stereocenters. The van der Waals surface area contributed by atoms with Crippen LogP contribution in [0.25, 0.3) is 0 Å². The van der Waals surface area contributed by atoms with Gasteiger partial charge in [0.1, 0.15) is 5.75 Å². The molecular weight excluding hydrogens is 266 g/mol. The molecule has 0 radical (unpaired) electrons. The van der Waals surface area contributed by atoms with Crippen LogP contribution in [-0.2, 0) is 0 Å². The predicted octanol–water partition coefficient (Wildman–Crippen LogP) is 1.61. The molecule has 1 aromatic carbocycles. The van der Waals surface area contributed by atoms with Crippen molar-refractivity contribution >= 4 is 23.2 Å². The molecule has 0 aliphatic rings. The van der Waals surface area contributed by atoms with Crippen molar-refractivity contribution < 1.29 is 9.53 Å². The number of carbonyl (C=O) groups is 1. The molecule has 1 rings (SSSR count). The molecule has 0 bridgehead atoms. The molecule has 0 spiro atoms. The van der Waals surface area contributed by atoms with Crippen LogP contribution in [0.2, 0.25) is 5.02 Å². The lowest BCUT2D eigenvalue weighted by Crippen LogP contribution is -2.27. The van der Waals surface area contributed by atoms with Crippen molar-refractivity contribution in [3.05, 3.63) is 22.7 Å². The number of nitrogens with two attached hydrogens (primary N) is 1. The molecule has 5 nitrogen and oxygen atoms in total. The van der Waals surface area contributed by atoms with Crippen molar-refractivity contribution in [1.29, 1.82) is 0 Å². The highest BCUT2D eigenvalue weighted by atomic mass is 35.5. The summed E-state index contributed by atoms with van der Waals surface area (Å²) >= 11 is 5.92. The van der Waals surface area contributed by atoms with Gasteiger partial charge >= 0.3 is 0 Å². The SMILES string of the molecule is COc1cc(N)c(Cl)cc1C(=O)NCCCN(C)C. The highest BCUT2D eigenvalue weighted by Crippen LogP contribution is 2.28. The van der Waals surface area contributed by atoms with Crippen molar-refractivity contribution in [3.63, 3.8) is 0 Å². The minimum atomic E-state index is -0.211. The van der Waals surface area contributed by atoms with Gasteiger partial charge in [-0.15, -0.1) is 0 Å². The van der Waals surface area contributed by atoms with Crippen LogP contribution in [0.4, 0.5) is 5.69 Å². The minimum absolute atomic E-state index is 0.211. The highest BCUT2D eigenvalue weighted by Gasteiger charge is 2.14. The molecule has 0 aliphatic carbocycles. The first-order valence-electron chi connectivity index (χ1n) is 6.01. The second kappa shape index (κ2) is 7.21. The van der Waals surface area contributed by atoms with Gasteiger partial charge in [0, 0.05) is 12.6 Å². The lowest BCUT2D eigenvalue weighted by molar-refractivity contribution is 0.0949. The molecule has 3 N–H and O–H groups in total. The Kier molecular flexibility index (Phi) is 5.92. The monoisotopic (exact) mass is 285 g/mol. The van der Waals surface area contributed by atoms with Crippen LogP contribution in [0.15, 0.2) is 12.1 Å². The molecule has 0 fully saturated rings. The molecule has 106 valence electrons. The number of anilines is 1. The summed E-state index contributed by atoms with van der Waals surface area (Å²) in [7, 11) is 5.47. The van der Waals surface area contributed by atoms with Crippen molar-refractivity contribution in [2.75, 3.05) is 40.0 Å². The Balaban J connectivity index is 2.68. The maximum atomic E-state index is 12.0. The van der Waals surface area contributed by atoms with Gasteiger partial charge in [-0.05, 0) is 33.1 Å². The zero-order chi connectivity index (χ0) is 14.4. The number of benzene rings is 1. The first-order valence-corrected chi connectivity index (χ1v) is 6.39. The Morgan fingerprint density at radius 1 is 1.47 bits per heavy atom. The lowest BCUT2D eigenvalue weighted by atomic mass is 10.1. The van der Waals surface area contributed by atoms with Gasteiger partial charge < -0.3 is 20.7 Å². The van der Waals surface area contributed by atoms with E-state index in [4.69, 9.17) is 22.1 Å². The minimum Gasteiger partial charge on any atom is -0.496 e. The predicted molar refractivity (Wildman–Crippen MR) is 77.9 cm³/mol. The fourth-order valence-electron chi connectivity index (χ4n) is 1.61. The number of carbonyl (C=O) groups excluding carboxylic acids is 1. The second-order valence-electron chi connectivity index (χ2n) is 4.49. The Labute approximate surface area is 118 Å². The van der Waals surface area contributed by atoms with Gasteiger partial charge in [0.2, 0.25) is 0 Å². The summed E-state index contributed by atoms with van der Waals surface area (Å²) in [6, 6.07) is 3.08. The summed E-state index contributed by atoms with van der Waals surface area (Å²) in [5, 5.41) is 3.18. The fourth-order valence-corrected chi connectivity index (χ4v) is 1.77. The summed E-state index contributed by atoms with van der Waals surface area (Å²) < 4.78 is 5.14. The average molecular weight is 286 g/mol. The summed E-state index contributed by atoms with van der Waals surface area (Å²) in [6.07, 6.45) is 0.879. The van der Waals surface area contributed by atoms with Gasteiger partial charge in [0.05, 0.1) is 23.4 Å². The summed E-state index contributed by atoms with van der Waals surface area (Å²) in [5.41, 5.74) is 6.46. The topological polar surface area (TPSA) is 67.6 Å². The first kappa shape index (κ1) is 15.6. The van der Waals surface area contributed by atoms with Gasteiger partial charge in [-0.1, -0.05) is 11.6 Å². The maximum Gasteiger partial charge on any atom is 0.255 e. The largest absolute Gasteiger partial charge is 0.496 e. The molecule has 0 unspecified atom stereocenters. The standard InChI is InChI=1S/C13H20ClN3O2/c1-17(2)6-4-5-16-13(18)9-7-10(14)11(15)8-12(9)19-3/h7-8H,4-6,15H2,1-3H3,(H,16,18). The van der Waals surface area contributed by atoms with E-state index in [1.54, 1.807) is 6.07 Å². The van der Waals surface area contributed by atoms with Crippen molar-refractivity contribution in [2.24, 2.45) is 0 Å². The smallest absolute Gasteiger partial charge is 0.255 e. The second-order valence-corrected chi connectivity index (χ2v) is 4.89. The molecule has 0 saturated carbocycles. The normalized spacial score (nSPS) is 10.6. The Bertz CT molecular complexity index is 450. The molecule has 0 aromatic heterocycles. The number of rotatable bonds is 6. The maximum absolute atomic E-state index is 12.0. The summed E-state index contributed by atoms with van der Waals surface area (Å²) in [4.78, 5) is 14.1. The van der Waals surface area contributed by atoms with Crippen LogP contribution in [0, 0.1) is 0 Å². The van der Waals surface area contributed by atoms with Gasteiger partial charge in [-0.2, -0.15) is 0 Å². The van der Waals surface area contributed by atoms with Crippen LogP contribution < -0.4 is 15.8 Å². The lowest BCUT2D eigenvalue weighted by Gasteiger charge is -2.12. The van der Waals surface area contributed by atoms with Crippen LogP contribution in [0.1, 0.15) is 16.8 Å². The van der Waals surface area contributed by atoms with Crippen LogP contribution in [0.5, 0.6) is 5.75 Å². The van der Waals surface area contributed by atoms with E-state index in [-0.39, 0.29) is 5.91 Å². The van der Waals surface area contributed by atoms with E-state index in [0.29, 0.717) is 28.6 Å². The average Bonchev–Trinajstić information content (AvgIpc) is 2.36. The fraction of sp³-hybridized carbons (Fsp3) is 0.462. The first-order chi connectivity index (χ1) is 8.95. The van der Waals surface area contributed by atoms with Gasteiger partial charge in [0.15, 0.2) is 0 Å². The van der Waals surface area contributed by atoms with Gasteiger partial charge in [-0.25, -0.2) is 0 Å². The van der Waals surface area contributed by atoms with Crippen molar-refractivity contribution in [2.45, 2.75) is 6.42 Å². The number of nitrogens with zero attached hydrogens (tertiary/aromatic N) is 1. The molecule has 0 aliphatic heterocycles. The molecule has 6 heteroatoms. The third kappa shape index (κ3) is 4.61. The zero-order valence-electron chi connectivity index (χ0n) is 11.5. The third-order valence-corrected chi connectivity index (χ3v) is 2.96. The zero-order valence-corrected chi connectivity index (χ0v) is 12.3. The van der Waals surface area contributed by atoms with Crippen LogP contribution in [0.3, 0.4) is 0 Å². The number of amides is 1. The molecule has 0 heterocycles. The van der Waals surface area contributed by atoms with E-state index in [2.05, 4.69) is 10.2 Å². The molecule has 0 saturated heterocycles. The van der Waals surface area contributed by atoms with Gasteiger partial charge in [0.25, 0.3) is 5.91 Å². The Morgan fingerprint density at radius 2 is 2.16 bits per heavy atom. The molecular formula is C13H20ClN3O2. The number of methoxy groups -OCH3 is 1. The van der Waals surface area contributed by atoms with E-state index in [9.17, 15) is 4.79 Å². The van der Waals surface area contributed by atoms with Crippen molar-refractivity contribution in [3.8, 4) is 5.75 Å². The summed E-state index contributed by atoms with van der Waals surface area (Å²) in [5.74, 6) is 0.213. The van der Waals surface area contributed by atoms with Crippen LogP contribution >= 0.6 is 11.6 Å². The number of ether oxygens (including phenoxy) is 1. The van der Waals surface area contributed by atoms with E-state index in [1.807, 2.05) is 14.1 Å². The van der Waals surface area contributed by atoms with Gasteiger partial charge in [-0.3, -0.25) is 4.79 Å². The highest BCUT2D eigenvalue weighted by molar-refractivity contribution is 6.33. The number of hydrogen-bond acceptors (Lipinski definition) is 4. The third-order valence-electron chi connectivity index (χ3n) is 2.63. The number of halogens is 1. The Hall–Kier alpha value is -1.46. The molecule has 1 amide bonds. The molecule has 1 aromatic rings. The van der Waals surface area contributed by atoms with E-state index >= 15 is 0 Å². The quantitative estimate of drug-likeness (QED) is 0.616.